The Hall–Kier alpha value is -1.40. The second-order valence-corrected chi connectivity index (χ2v) is 6.35. The van der Waals surface area contributed by atoms with Crippen molar-refractivity contribution in [3.05, 3.63) is 12.7 Å². The molecule has 0 aromatic rings. The molecule has 6 heteroatoms. The Balaban J connectivity index is 2.26. The van der Waals surface area contributed by atoms with Crippen LogP contribution in [-0.4, -0.2) is 73.0 Å². The standard InChI is InChI=1S/C15H28N4O2/c1-5-6-16-13(20)12-18-7-9-19(10-8-18)14(21)11-17-15(2,3)4/h5,17H,1,6-12H2,2-4H3,(H,16,20). The van der Waals surface area contributed by atoms with Crippen LogP contribution in [0.15, 0.2) is 12.7 Å². The van der Waals surface area contributed by atoms with Crippen molar-refractivity contribution >= 4 is 11.8 Å². The van der Waals surface area contributed by atoms with Gasteiger partial charge < -0.3 is 15.5 Å². The third kappa shape index (κ3) is 7.24. The van der Waals surface area contributed by atoms with Crippen LogP contribution in [0, 0.1) is 0 Å². The fraction of sp³-hybridized carbons (Fsp3) is 0.733. The fourth-order valence-corrected chi connectivity index (χ4v) is 2.05. The summed E-state index contributed by atoms with van der Waals surface area (Å²) in [6.07, 6.45) is 1.66. The Morgan fingerprint density at radius 1 is 1.19 bits per heavy atom. The van der Waals surface area contributed by atoms with Crippen LogP contribution in [-0.2, 0) is 9.59 Å². The summed E-state index contributed by atoms with van der Waals surface area (Å²) in [5.74, 6) is 0.129. The van der Waals surface area contributed by atoms with Crippen LogP contribution in [0.2, 0.25) is 0 Å². The van der Waals surface area contributed by atoms with Crippen LogP contribution in [0.25, 0.3) is 0 Å². The molecule has 0 radical (unpaired) electrons. The Kier molecular flexibility index (Phi) is 6.84. The second kappa shape index (κ2) is 8.14. The number of carbonyl (C=O) groups is 2. The van der Waals surface area contributed by atoms with E-state index >= 15 is 0 Å². The van der Waals surface area contributed by atoms with Gasteiger partial charge in [-0.25, -0.2) is 0 Å². The Morgan fingerprint density at radius 2 is 1.81 bits per heavy atom. The molecular formula is C15H28N4O2. The molecule has 2 amide bonds. The van der Waals surface area contributed by atoms with Gasteiger partial charge in [0.2, 0.25) is 11.8 Å². The first kappa shape index (κ1) is 17.7. The lowest BCUT2D eigenvalue weighted by atomic mass is 10.1. The Bertz CT molecular complexity index is 368. The van der Waals surface area contributed by atoms with Crippen molar-refractivity contribution in [3.8, 4) is 0 Å². The molecule has 120 valence electrons. The summed E-state index contributed by atoms with van der Waals surface area (Å²) >= 11 is 0. The summed E-state index contributed by atoms with van der Waals surface area (Å²) in [7, 11) is 0. The lowest BCUT2D eigenvalue weighted by Crippen LogP contribution is -2.53. The number of hydrogen-bond acceptors (Lipinski definition) is 4. The molecule has 0 bridgehead atoms. The van der Waals surface area contributed by atoms with Crippen molar-refractivity contribution in [2.75, 3.05) is 45.8 Å². The molecule has 0 aromatic carbocycles. The number of piperazine rings is 1. The topological polar surface area (TPSA) is 64.7 Å². The van der Waals surface area contributed by atoms with Crippen LogP contribution in [0.5, 0.6) is 0 Å². The van der Waals surface area contributed by atoms with Gasteiger partial charge in [-0.2, -0.15) is 0 Å². The van der Waals surface area contributed by atoms with Gasteiger partial charge in [0.1, 0.15) is 0 Å². The van der Waals surface area contributed by atoms with Gasteiger partial charge in [-0.15, -0.1) is 6.58 Å². The average molecular weight is 296 g/mol. The summed E-state index contributed by atoms with van der Waals surface area (Å²) < 4.78 is 0. The molecule has 2 N–H and O–H groups in total. The molecule has 0 atom stereocenters. The summed E-state index contributed by atoms with van der Waals surface area (Å²) in [4.78, 5) is 27.6. The maximum atomic E-state index is 12.1. The highest BCUT2D eigenvalue weighted by Crippen LogP contribution is 2.03. The minimum Gasteiger partial charge on any atom is -0.352 e. The van der Waals surface area contributed by atoms with Gasteiger partial charge in [-0.05, 0) is 20.8 Å². The van der Waals surface area contributed by atoms with Gasteiger partial charge in [0.05, 0.1) is 13.1 Å². The number of nitrogens with zero attached hydrogens (tertiary/aromatic N) is 2. The maximum absolute atomic E-state index is 12.1. The third-order valence-electron chi connectivity index (χ3n) is 3.31. The van der Waals surface area contributed by atoms with Crippen molar-refractivity contribution in [1.29, 1.82) is 0 Å². The molecule has 1 aliphatic rings. The Morgan fingerprint density at radius 3 is 2.33 bits per heavy atom. The summed E-state index contributed by atoms with van der Waals surface area (Å²) in [5, 5.41) is 5.97. The second-order valence-electron chi connectivity index (χ2n) is 6.35. The zero-order chi connectivity index (χ0) is 15.9. The van der Waals surface area contributed by atoms with Crippen LogP contribution in [0.3, 0.4) is 0 Å². The SMILES string of the molecule is C=CCNC(=O)CN1CCN(C(=O)CNC(C)(C)C)CC1. The molecule has 0 aromatic heterocycles. The fourth-order valence-electron chi connectivity index (χ4n) is 2.05. The predicted molar refractivity (Wildman–Crippen MR) is 84.0 cm³/mol. The van der Waals surface area contributed by atoms with Gasteiger partial charge in [-0.1, -0.05) is 6.08 Å². The van der Waals surface area contributed by atoms with E-state index in [9.17, 15) is 9.59 Å². The molecule has 0 unspecified atom stereocenters. The molecule has 1 heterocycles. The smallest absolute Gasteiger partial charge is 0.236 e. The van der Waals surface area contributed by atoms with E-state index in [0.717, 1.165) is 13.1 Å². The van der Waals surface area contributed by atoms with Crippen molar-refractivity contribution in [3.63, 3.8) is 0 Å². The zero-order valence-electron chi connectivity index (χ0n) is 13.4. The molecule has 0 spiro atoms. The van der Waals surface area contributed by atoms with Gasteiger partial charge in [-0.3, -0.25) is 14.5 Å². The average Bonchev–Trinajstić information content (AvgIpc) is 2.42. The molecule has 1 fully saturated rings. The van der Waals surface area contributed by atoms with E-state index < -0.39 is 0 Å². The monoisotopic (exact) mass is 296 g/mol. The molecule has 0 aliphatic carbocycles. The molecule has 21 heavy (non-hydrogen) atoms. The van der Waals surface area contributed by atoms with Crippen LogP contribution in [0.1, 0.15) is 20.8 Å². The normalized spacial score (nSPS) is 16.6. The van der Waals surface area contributed by atoms with Crippen molar-refractivity contribution in [1.82, 2.24) is 20.4 Å². The maximum Gasteiger partial charge on any atom is 0.236 e. The van der Waals surface area contributed by atoms with Gasteiger partial charge in [0.25, 0.3) is 0 Å². The number of hydrogen-bond donors (Lipinski definition) is 2. The third-order valence-corrected chi connectivity index (χ3v) is 3.31. The zero-order valence-corrected chi connectivity index (χ0v) is 13.4. The van der Waals surface area contributed by atoms with Crippen molar-refractivity contribution in [2.45, 2.75) is 26.3 Å². The molecule has 1 saturated heterocycles. The van der Waals surface area contributed by atoms with Gasteiger partial charge >= 0.3 is 0 Å². The number of carbonyl (C=O) groups excluding carboxylic acids is 2. The predicted octanol–water partition coefficient (Wildman–Crippen LogP) is -0.179. The van der Waals surface area contributed by atoms with Crippen molar-refractivity contribution in [2.24, 2.45) is 0 Å². The Labute approximate surface area is 127 Å². The van der Waals surface area contributed by atoms with E-state index in [1.165, 1.54) is 0 Å². The van der Waals surface area contributed by atoms with Crippen molar-refractivity contribution < 1.29 is 9.59 Å². The van der Waals surface area contributed by atoms with Crippen LogP contribution in [0.4, 0.5) is 0 Å². The lowest BCUT2D eigenvalue weighted by Gasteiger charge is -2.35. The highest BCUT2D eigenvalue weighted by Gasteiger charge is 2.23. The van der Waals surface area contributed by atoms with E-state index in [1.807, 2.05) is 25.7 Å². The minimum atomic E-state index is -0.0548. The van der Waals surface area contributed by atoms with Gasteiger partial charge in [0.15, 0.2) is 0 Å². The van der Waals surface area contributed by atoms with E-state index in [-0.39, 0.29) is 17.4 Å². The highest BCUT2D eigenvalue weighted by molar-refractivity contribution is 5.79. The molecule has 0 saturated carbocycles. The van der Waals surface area contributed by atoms with E-state index in [4.69, 9.17) is 0 Å². The largest absolute Gasteiger partial charge is 0.352 e. The summed E-state index contributed by atoms with van der Waals surface area (Å²) in [6, 6.07) is 0. The first-order chi connectivity index (χ1) is 9.81. The minimum absolute atomic E-state index is 0.00377. The van der Waals surface area contributed by atoms with Crippen LogP contribution >= 0.6 is 0 Å². The summed E-state index contributed by atoms with van der Waals surface area (Å²) in [6.45, 7) is 13.8. The highest BCUT2D eigenvalue weighted by atomic mass is 16.2. The first-order valence-corrected chi connectivity index (χ1v) is 7.44. The quantitative estimate of drug-likeness (QED) is 0.668. The lowest BCUT2D eigenvalue weighted by molar-refractivity contribution is -0.132. The summed E-state index contributed by atoms with van der Waals surface area (Å²) in [5.41, 5.74) is -0.0548. The van der Waals surface area contributed by atoms with E-state index in [1.54, 1.807) is 6.08 Å². The molecular weight excluding hydrogens is 268 g/mol. The molecule has 1 rings (SSSR count). The molecule has 1 aliphatic heterocycles. The van der Waals surface area contributed by atoms with E-state index in [0.29, 0.717) is 32.7 Å². The number of rotatable bonds is 6. The first-order valence-electron chi connectivity index (χ1n) is 7.44. The van der Waals surface area contributed by atoms with Crippen LogP contribution < -0.4 is 10.6 Å². The van der Waals surface area contributed by atoms with Gasteiger partial charge in [0, 0.05) is 38.3 Å². The number of amides is 2. The number of nitrogens with one attached hydrogen (secondary N) is 2. The van der Waals surface area contributed by atoms with E-state index in [2.05, 4.69) is 22.1 Å². The molecule has 6 nitrogen and oxygen atoms in total.